The summed E-state index contributed by atoms with van der Waals surface area (Å²) in [6.45, 7) is 2.80. The fourth-order valence-corrected chi connectivity index (χ4v) is 2.80. The SMILES string of the molecule is Cc1cccc(C2CCO[P+](=S)O2)c1. The van der Waals surface area contributed by atoms with E-state index < -0.39 is 7.15 Å². The molecule has 74 valence electrons. The van der Waals surface area contributed by atoms with Gasteiger partial charge in [-0.05, 0) is 12.5 Å². The number of hydrogen-bond donors (Lipinski definition) is 0. The first-order chi connectivity index (χ1) is 6.75. The van der Waals surface area contributed by atoms with Gasteiger partial charge in [-0.2, -0.15) is 0 Å². The van der Waals surface area contributed by atoms with Crippen molar-refractivity contribution in [3.8, 4) is 0 Å². The van der Waals surface area contributed by atoms with Crippen molar-refractivity contribution in [1.29, 1.82) is 0 Å². The fraction of sp³-hybridized carbons (Fsp3) is 0.400. The van der Waals surface area contributed by atoms with Gasteiger partial charge in [-0.15, -0.1) is 9.05 Å². The van der Waals surface area contributed by atoms with Crippen LogP contribution in [-0.4, -0.2) is 6.61 Å². The smallest absolute Gasteiger partial charge is 0.142 e. The molecule has 2 rings (SSSR count). The third kappa shape index (κ3) is 2.37. The van der Waals surface area contributed by atoms with Gasteiger partial charge in [0.1, 0.15) is 12.7 Å². The van der Waals surface area contributed by atoms with Gasteiger partial charge in [-0.3, -0.25) is 0 Å². The number of benzene rings is 1. The summed E-state index contributed by atoms with van der Waals surface area (Å²) < 4.78 is 10.8. The van der Waals surface area contributed by atoms with E-state index in [4.69, 9.17) is 20.9 Å². The van der Waals surface area contributed by atoms with E-state index in [2.05, 4.69) is 31.2 Å². The van der Waals surface area contributed by atoms with Crippen LogP contribution in [0.1, 0.15) is 23.7 Å². The largest absolute Gasteiger partial charge is 0.522 e. The Morgan fingerprint density at radius 3 is 3.07 bits per heavy atom. The molecule has 1 fully saturated rings. The summed E-state index contributed by atoms with van der Waals surface area (Å²) in [6.07, 6.45) is 1.03. The van der Waals surface area contributed by atoms with E-state index in [1.54, 1.807) is 0 Å². The Kier molecular flexibility index (Phi) is 3.24. The fourth-order valence-electron chi connectivity index (χ4n) is 1.52. The molecule has 2 nitrogen and oxygen atoms in total. The highest BCUT2D eigenvalue weighted by molar-refractivity contribution is 8.00. The number of aryl methyl sites for hydroxylation is 1. The minimum absolute atomic E-state index is 0.132. The van der Waals surface area contributed by atoms with Gasteiger partial charge in [0.05, 0.1) is 0 Å². The molecule has 1 aliphatic rings. The molecule has 1 heterocycles. The van der Waals surface area contributed by atoms with Crippen molar-refractivity contribution in [3.05, 3.63) is 35.4 Å². The van der Waals surface area contributed by atoms with E-state index in [0.717, 1.165) is 6.42 Å². The Balaban J connectivity index is 2.17. The summed E-state index contributed by atoms with van der Waals surface area (Å²) in [5, 5.41) is 0. The van der Waals surface area contributed by atoms with Gasteiger partial charge in [0.15, 0.2) is 0 Å². The van der Waals surface area contributed by atoms with E-state index in [9.17, 15) is 0 Å². The van der Waals surface area contributed by atoms with Crippen LogP contribution >= 0.6 is 7.15 Å². The Bertz CT molecular complexity index is 354. The predicted molar refractivity (Wildman–Crippen MR) is 59.9 cm³/mol. The van der Waals surface area contributed by atoms with Crippen LogP contribution in [0.5, 0.6) is 0 Å². The molecule has 0 amide bonds. The van der Waals surface area contributed by atoms with Crippen LogP contribution in [0, 0.1) is 6.92 Å². The molecule has 0 bridgehead atoms. The molecule has 1 saturated heterocycles. The number of hydrogen-bond acceptors (Lipinski definition) is 3. The van der Waals surface area contributed by atoms with Gasteiger partial charge < -0.3 is 0 Å². The Labute approximate surface area is 89.8 Å². The zero-order chi connectivity index (χ0) is 9.97. The molecule has 0 spiro atoms. The second kappa shape index (κ2) is 4.45. The first kappa shape index (κ1) is 10.2. The standard InChI is InChI=1S/C10H12O2PS/c1-8-3-2-4-9(7-8)10-5-6-11-13(14)12-10/h2-4,7,10H,5-6H2,1H3/q+1. The highest BCUT2D eigenvalue weighted by Crippen LogP contribution is 2.40. The second-order valence-corrected chi connectivity index (χ2v) is 5.16. The lowest BCUT2D eigenvalue weighted by Gasteiger charge is -2.14. The quantitative estimate of drug-likeness (QED) is 0.686. The van der Waals surface area contributed by atoms with Crippen molar-refractivity contribution < 1.29 is 9.05 Å². The third-order valence-electron chi connectivity index (χ3n) is 2.20. The van der Waals surface area contributed by atoms with Crippen LogP contribution < -0.4 is 0 Å². The normalized spacial score (nSPS) is 24.9. The maximum atomic E-state index is 5.58. The molecular formula is C10H12O2PS+. The summed E-state index contributed by atoms with van der Waals surface area (Å²) in [4.78, 5) is 0. The Morgan fingerprint density at radius 2 is 2.36 bits per heavy atom. The van der Waals surface area contributed by atoms with Crippen molar-refractivity contribution >= 4 is 19.0 Å². The molecule has 0 aromatic heterocycles. The number of rotatable bonds is 1. The maximum absolute atomic E-state index is 5.58. The first-order valence-electron chi connectivity index (χ1n) is 4.59. The minimum Gasteiger partial charge on any atom is -0.142 e. The monoisotopic (exact) mass is 227 g/mol. The zero-order valence-electron chi connectivity index (χ0n) is 7.97. The molecule has 0 N–H and O–H groups in total. The maximum Gasteiger partial charge on any atom is 0.522 e. The highest BCUT2D eigenvalue weighted by Gasteiger charge is 2.29. The van der Waals surface area contributed by atoms with Gasteiger partial charge in [-0.1, -0.05) is 29.8 Å². The van der Waals surface area contributed by atoms with Crippen molar-refractivity contribution in [2.75, 3.05) is 6.61 Å². The summed E-state index contributed by atoms with van der Waals surface area (Å²) in [5.41, 5.74) is 2.47. The second-order valence-electron chi connectivity index (χ2n) is 3.35. The van der Waals surface area contributed by atoms with E-state index in [-0.39, 0.29) is 6.10 Å². The van der Waals surface area contributed by atoms with Gasteiger partial charge >= 0.3 is 7.15 Å². The highest BCUT2D eigenvalue weighted by atomic mass is 32.4. The molecular weight excluding hydrogens is 215 g/mol. The van der Waals surface area contributed by atoms with Crippen molar-refractivity contribution in [3.63, 3.8) is 0 Å². The molecule has 1 aliphatic heterocycles. The zero-order valence-corrected chi connectivity index (χ0v) is 9.68. The van der Waals surface area contributed by atoms with Gasteiger partial charge in [0.25, 0.3) is 0 Å². The molecule has 2 atom stereocenters. The predicted octanol–water partition coefficient (Wildman–Crippen LogP) is 3.25. The average Bonchev–Trinajstić information content (AvgIpc) is 2.18. The van der Waals surface area contributed by atoms with E-state index in [1.165, 1.54) is 11.1 Å². The lowest BCUT2D eigenvalue weighted by molar-refractivity contribution is 0.119. The van der Waals surface area contributed by atoms with E-state index >= 15 is 0 Å². The summed E-state index contributed by atoms with van der Waals surface area (Å²) in [7, 11) is -1.08. The average molecular weight is 227 g/mol. The van der Waals surface area contributed by atoms with Crippen LogP contribution in [0.2, 0.25) is 0 Å². The summed E-state index contributed by atoms with van der Waals surface area (Å²) >= 11 is 5.02. The third-order valence-corrected chi connectivity index (χ3v) is 3.60. The minimum atomic E-state index is -1.08. The van der Waals surface area contributed by atoms with Crippen LogP contribution in [-0.2, 0) is 20.9 Å². The van der Waals surface area contributed by atoms with Crippen molar-refractivity contribution in [1.82, 2.24) is 0 Å². The Morgan fingerprint density at radius 1 is 1.50 bits per heavy atom. The topological polar surface area (TPSA) is 18.5 Å². The summed E-state index contributed by atoms with van der Waals surface area (Å²) in [6, 6.07) is 8.37. The van der Waals surface area contributed by atoms with Crippen LogP contribution in [0.4, 0.5) is 0 Å². The van der Waals surface area contributed by atoms with Crippen LogP contribution in [0.3, 0.4) is 0 Å². The van der Waals surface area contributed by atoms with Gasteiger partial charge in [0.2, 0.25) is 11.8 Å². The summed E-state index contributed by atoms with van der Waals surface area (Å²) in [5.74, 6) is 0. The van der Waals surface area contributed by atoms with Crippen molar-refractivity contribution in [2.24, 2.45) is 0 Å². The van der Waals surface area contributed by atoms with Gasteiger partial charge in [0, 0.05) is 6.42 Å². The lowest BCUT2D eigenvalue weighted by atomic mass is 10.0. The Hall–Kier alpha value is -0.340. The van der Waals surface area contributed by atoms with E-state index in [0.29, 0.717) is 6.61 Å². The lowest BCUT2D eigenvalue weighted by Crippen LogP contribution is -2.09. The van der Waals surface area contributed by atoms with Gasteiger partial charge in [-0.25, -0.2) is 0 Å². The molecule has 0 radical (unpaired) electrons. The molecule has 2 unspecified atom stereocenters. The van der Waals surface area contributed by atoms with Crippen LogP contribution in [0.15, 0.2) is 24.3 Å². The molecule has 4 heteroatoms. The molecule has 0 aliphatic carbocycles. The molecule has 1 aromatic rings. The van der Waals surface area contributed by atoms with Crippen molar-refractivity contribution in [2.45, 2.75) is 19.4 Å². The molecule has 14 heavy (non-hydrogen) atoms. The van der Waals surface area contributed by atoms with Crippen LogP contribution in [0.25, 0.3) is 0 Å². The molecule has 1 aromatic carbocycles. The van der Waals surface area contributed by atoms with E-state index in [1.807, 2.05) is 0 Å². The molecule has 0 saturated carbocycles. The first-order valence-corrected chi connectivity index (χ1v) is 6.78.